The number of carbonyl (C=O) groups is 2. The summed E-state index contributed by atoms with van der Waals surface area (Å²) in [6.07, 6.45) is 6.53. The molecule has 142 valence electrons. The molecule has 2 saturated heterocycles. The molecule has 1 saturated carbocycles. The summed E-state index contributed by atoms with van der Waals surface area (Å²) in [6.45, 7) is 2.88. The lowest BCUT2D eigenvalue weighted by Gasteiger charge is -2.34. The first-order valence-electron chi connectivity index (χ1n) is 10.1. The number of fused-ring (bicyclic) bond motifs is 1. The average molecular weight is 367 g/mol. The van der Waals surface area contributed by atoms with Crippen LogP contribution in [-0.2, 0) is 9.59 Å². The maximum absolute atomic E-state index is 13.0. The summed E-state index contributed by atoms with van der Waals surface area (Å²) in [5.74, 6) is 1.82. The predicted molar refractivity (Wildman–Crippen MR) is 99.9 cm³/mol. The van der Waals surface area contributed by atoms with Crippen LogP contribution < -0.4 is 0 Å². The summed E-state index contributed by atoms with van der Waals surface area (Å²) in [7, 11) is 0. The Balaban J connectivity index is 1.24. The maximum atomic E-state index is 13.0. The van der Waals surface area contributed by atoms with Crippen LogP contribution in [0.5, 0.6) is 0 Å². The lowest BCUT2D eigenvalue weighted by atomic mass is 9.96. The second-order valence-electron chi connectivity index (χ2n) is 8.16. The molecule has 2 aliphatic heterocycles. The molecule has 5 rings (SSSR count). The lowest BCUT2D eigenvalue weighted by Crippen LogP contribution is -2.46. The standard InChI is InChI=1S/C20H25N5O2/c26-19(13-5-6-13)24-9-2-3-15(12-24)20(27)25-10-7-14(11-25)17-22-16-4-1-8-21-18(16)23-17/h1,4,8,13-15H,2-3,5-7,9-12H2,(H,21,22,23). The minimum absolute atomic E-state index is 0.0439. The van der Waals surface area contributed by atoms with E-state index in [-0.39, 0.29) is 29.6 Å². The van der Waals surface area contributed by atoms with Gasteiger partial charge in [0.1, 0.15) is 5.82 Å². The molecule has 4 heterocycles. The number of hydrogen-bond acceptors (Lipinski definition) is 4. The third-order valence-electron chi connectivity index (χ3n) is 6.17. The third-order valence-corrected chi connectivity index (χ3v) is 6.17. The van der Waals surface area contributed by atoms with Crippen LogP contribution in [-0.4, -0.2) is 62.7 Å². The number of likely N-dealkylation sites (tertiary alicyclic amines) is 2. The Labute approximate surface area is 158 Å². The highest BCUT2D eigenvalue weighted by atomic mass is 16.2. The maximum Gasteiger partial charge on any atom is 0.227 e. The molecule has 0 radical (unpaired) electrons. The molecule has 0 bridgehead atoms. The van der Waals surface area contributed by atoms with Gasteiger partial charge in [-0.1, -0.05) is 0 Å². The monoisotopic (exact) mass is 367 g/mol. The second-order valence-corrected chi connectivity index (χ2v) is 8.16. The van der Waals surface area contributed by atoms with Crippen molar-refractivity contribution in [3.63, 3.8) is 0 Å². The summed E-state index contributed by atoms with van der Waals surface area (Å²) >= 11 is 0. The minimum Gasteiger partial charge on any atom is -0.342 e. The molecule has 2 aromatic rings. The van der Waals surface area contributed by atoms with E-state index in [1.807, 2.05) is 21.9 Å². The fourth-order valence-corrected chi connectivity index (χ4v) is 4.47. The first-order chi connectivity index (χ1) is 13.2. The van der Waals surface area contributed by atoms with Gasteiger partial charge in [-0.3, -0.25) is 9.59 Å². The van der Waals surface area contributed by atoms with Crippen molar-refractivity contribution < 1.29 is 9.59 Å². The normalized spacial score (nSPS) is 25.9. The van der Waals surface area contributed by atoms with Gasteiger partial charge in [-0.2, -0.15) is 0 Å². The van der Waals surface area contributed by atoms with Gasteiger partial charge < -0.3 is 14.8 Å². The Morgan fingerprint density at radius 1 is 1.00 bits per heavy atom. The molecule has 0 spiro atoms. The molecule has 1 N–H and O–H groups in total. The van der Waals surface area contributed by atoms with E-state index in [1.54, 1.807) is 6.20 Å². The van der Waals surface area contributed by atoms with Crippen LogP contribution in [0.15, 0.2) is 18.3 Å². The number of nitrogens with zero attached hydrogens (tertiary/aromatic N) is 4. The Morgan fingerprint density at radius 2 is 1.81 bits per heavy atom. The van der Waals surface area contributed by atoms with Gasteiger partial charge in [-0.25, -0.2) is 9.97 Å². The number of aromatic nitrogens is 3. The van der Waals surface area contributed by atoms with Crippen molar-refractivity contribution in [3.05, 3.63) is 24.2 Å². The molecule has 27 heavy (non-hydrogen) atoms. The van der Waals surface area contributed by atoms with E-state index in [0.29, 0.717) is 13.1 Å². The van der Waals surface area contributed by atoms with Crippen LogP contribution in [0.2, 0.25) is 0 Å². The quantitative estimate of drug-likeness (QED) is 0.899. The van der Waals surface area contributed by atoms with E-state index in [4.69, 9.17) is 0 Å². The lowest BCUT2D eigenvalue weighted by molar-refractivity contribution is -0.140. The molecular formula is C20H25N5O2. The largest absolute Gasteiger partial charge is 0.342 e. The summed E-state index contributed by atoms with van der Waals surface area (Å²) in [6, 6.07) is 3.87. The fraction of sp³-hybridized carbons (Fsp3) is 0.600. The Bertz CT molecular complexity index is 841. The molecule has 2 unspecified atom stereocenters. The van der Waals surface area contributed by atoms with E-state index in [0.717, 1.165) is 62.2 Å². The Kier molecular flexibility index (Phi) is 4.10. The van der Waals surface area contributed by atoms with Gasteiger partial charge in [0.2, 0.25) is 11.8 Å². The topological polar surface area (TPSA) is 82.2 Å². The van der Waals surface area contributed by atoms with Gasteiger partial charge >= 0.3 is 0 Å². The molecule has 2 aromatic heterocycles. The zero-order chi connectivity index (χ0) is 18.4. The summed E-state index contributed by atoms with van der Waals surface area (Å²) in [4.78, 5) is 41.6. The molecule has 3 fully saturated rings. The molecular weight excluding hydrogens is 342 g/mol. The molecule has 2 amide bonds. The van der Waals surface area contributed by atoms with Crippen molar-refractivity contribution in [2.75, 3.05) is 26.2 Å². The highest BCUT2D eigenvalue weighted by Crippen LogP contribution is 2.33. The summed E-state index contributed by atoms with van der Waals surface area (Å²) in [5.41, 5.74) is 1.68. The van der Waals surface area contributed by atoms with Crippen molar-refractivity contribution in [2.24, 2.45) is 11.8 Å². The number of amides is 2. The van der Waals surface area contributed by atoms with Crippen LogP contribution in [0.25, 0.3) is 11.2 Å². The van der Waals surface area contributed by atoms with Gasteiger partial charge in [0.05, 0.1) is 11.4 Å². The van der Waals surface area contributed by atoms with E-state index in [2.05, 4.69) is 15.0 Å². The van der Waals surface area contributed by atoms with Gasteiger partial charge in [0.25, 0.3) is 0 Å². The van der Waals surface area contributed by atoms with E-state index >= 15 is 0 Å². The van der Waals surface area contributed by atoms with E-state index in [1.165, 1.54) is 0 Å². The molecule has 1 aliphatic carbocycles. The van der Waals surface area contributed by atoms with Crippen LogP contribution in [0.1, 0.15) is 43.8 Å². The number of pyridine rings is 1. The van der Waals surface area contributed by atoms with Crippen molar-refractivity contribution in [1.29, 1.82) is 0 Å². The number of imidazole rings is 1. The number of piperidine rings is 1. The number of hydrogen-bond donors (Lipinski definition) is 1. The zero-order valence-electron chi connectivity index (χ0n) is 15.4. The molecule has 2 atom stereocenters. The van der Waals surface area contributed by atoms with Crippen LogP contribution in [0.3, 0.4) is 0 Å². The zero-order valence-corrected chi connectivity index (χ0v) is 15.4. The number of rotatable bonds is 3. The number of carbonyl (C=O) groups excluding carboxylic acids is 2. The molecule has 7 nitrogen and oxygen atoms in total. The van der Waals surface area contributed by atoms with E-state index in [9.17, 15) is 9.59 Å². The number of nitrogens with one attached hydrogen (secondary N) is 1. The number of H-pyrrole nitrogens is 1. The van der Waals surface area contributed by atoms with E-state index < -0.39 is 0 Å². The van der Waals surface area contributed by atoms with Gasteiger partial charge in [0.15, 0.2) is 5.65 Å². The first kappa shape index (κ1) is 16.7. The van der Waals surface area contributed by atoms with Crippen molar-refractivity contribution in [2.45, 2.75) is 38.0 Å². The predicted octanol–water partition coefficient (Wildman–Crippen LogP) is 1.92. The van der Waals surface area contributed by atoms with Crippen molar-refractivity contribution >= 4 is 23.0 Å². The molecule has 7 heteroatoms. The third kappa shape index (κ3) is 3.19. The van der Waals surface area contributed by atoms with Crippen LogP contribution in [0.4, 0.5) is 0 Å². The first-order valence-corrected chi connectivity index (χ1v) is 10.1. The van der Waals surface area contributed by atoms with Crippen molar-refractivity contribution in [1.82, 2.24) is 24.8 Å². The summed E-state index contributed by atoms with van der Waals surface area (Å²) < 4.78 is 0. The second kappa shape index (κ2) is 6.62. The highest BCUT2D eigenvalue weighted by Gasteiger charge is 2.39. The molecule has 0 aromatic carbocycles. The SMILES string of the molecule is O=C(C1CC1)N1CCCC(C(=O)N2CCC(c3nc4ncccc4[nH]3)C2)C1. The Morgan fingerprint density at radius 3 is 2.63 bits per heavy atom. The summed E-state index contributed by atoms with van der Waals surface area (Å²) in [5, 5.41) is 0. The van der Waals surface area contributed by atoms with Gasteiger partial charge in [0, 0.05) is 44.2 Å². The fourth-order valence-electron chi connectivity index (χ4n) is 4.47. The van der Waals surface area contributed by atoms with Gasteiger partial charge in [-0.05, 0) is 44.2 Å². The van der Waals surface area contributed by atoms with Crippen LogP contribution in [0, 0.1) is 11.8 Å². The smallest absolute Gasteiger partial charge is 0.227 e. The molecule has 3 aliphatic rings. The van der Waals surface area contributed by atoms with Crippen molar-refractivity contribution in [3.8, 4) is 0 Å². The number of aromatic amines is 1. The average Bonchev–Trinajstić information content (AvgIpc) is 3.27. The van der Waals surface area contributed by atoms with Gasteiger partial charge in [-0.15, -0.1) is 0 Å². The van der Waals surface area contributed by atoms with Crippen LogP contribution >= 0.6 is 0 Å². The Hall–Kier alpha value is -2.44. The minimum atomic E-state index is -0.0439. The highest BCUT2D eigenvalue weighted by molar-refractivity contribution is 5.83.